The molecule has 2 N–H and O–H groups in total. The van der Waals surface area contributed by atoms with E-state index in [0.29, 0.717) is 10.7 Å². The Morgan fingerprint density at radius 2 is 2.00 bits per heavy atom. The van der Waals surface area contributed by atoms with Gasteiger partial charge in [-0.15, -0.1) is 0 Å². The third kappa shape index (κ3) is 1.23. The van der Waals surface area contributed by atoms with Crippen molar-refractivity contribution in [3.05, 3.63) is 35.0 Å². The van der Waals surface area contributed by atoms with Crippen molar-refractivity contribution < 1.29 is 0 Å². The molecule has 0 amide bonds. The molecule has 2 nitrogen and oxygen atoms in total. The van der Waals surface area contributed by atoms with Crippen molar-refractivity contribution >= 4 is 28.2 Å². The summed E-state index contributed by atoms with van der Waals surface area (Å²) in [7, 11) is 0. The monoisotopic (exact) mass is 192 g/mol. The van der Waals surface area contributed by atoms with Gasteiger partial charge in [0.2, 0.25) is 0 Å². The molecule has 0 unspecified atom stereocenters. The third-order valence-corrected chi connectivity index (χ3v) is 2.51. The summed E-state index contributed by atoms with van der Waals surface area (Å²) in [6.45, 7) is 1.85. The van der Waals surface area contributed by atoms with Crippen LogP contribution in [0.1, 0.15) is 5.69 Å². The van der Waals surface area contributed by atoms with E-state index in [0.717, 1.165) is 16.6 Å². The molecule has 0 aliphatic heterocycles. The van der Waals surface area contributed by atoms with Crippen LogP contribution in [0, 0.1) is 6.92 Å². The Morgan fingerprint density at radius 3 is 2.77 bits per heavy atom. The second-order valence-corrected chi connectivity index (χ2v) is 3.32. The van der Waals surface area contributed by atoms with E-state index in [1.807, 2.05) is 31.2 Å². The average molecular weight is 193 g/mol. The molecule has 66 valence electrons. The van der Waals surface area contributed by atoms with Crippen molar-refractivity contribution in [2.24, 2.45) is 0 Å². The van der Waals surface area contributed by atoms with Crippen molar-refractivity contribution in [3.8, 4) is 0 Å². The fourth-order valence-corrected chi connectivity index (χ4v) is 1.49. The molecule has 0 aliphatic rings. The summed E-state index contributed by atoms with van der Waals surface area (Å²) in [6.07, 6.45) is 0. The molecule has 2 rings (SSSR count). The predicted molar refractivity (Wildman–Crippen MR) is 55.9 cm³/mol. The van der Waals surface area contributed by atoms with Gasteiger partial charge in [0, 0.05) is 5.39 Å². The Morgan fingerprint density at radius 1 is 1.31 bits per heavy atom. The first-order chi connectivity index (χ1) is 6.20. The molecule has 0 spiro atoms. The van der Waals surface area contributed by atoms with Crippen LogP contribution in [-0.4, -0.2) is 4.98 Å². The number of nitrogens with two attached hydrogens (primary N) is 1. The van der Waals surface area contributed by atoms with Crippen LogP contribution >= 0.6 is 11.6 Å². The molecule has 2 aromatic rings. The van der Waals surface area contributed by atoms with Gasteiger partial charge in [-0.3, -0.25) is 4.98 Å². The maximum absolute atomic E-state index is 5.97. The van der Waals surface area contributed by atoms with Crippen LogP contribution in [0.15, 0.2) is 24.3 Å². The third-order valence-electron chi connectivity index (χ3n) is 2.04. The molecule has 0 saturated carbocycles. The Labute approximate surface area is 81.3 Å². The largest absolute Gasteiger partial charge is 0.397 e. The van der Waals surface area contributed by atoms with Crippen molar-refractivity contribution in [3.63, 3.8) is 0 Å². The van der Waals surface area contributed by atoms with Crippen LogP contribution in [0.5, 0.6) is 0 Å². The van der Waals surface area contributed by atoms with Crippen LogP contribution < -0.4 is 5.73 Å². The molecule has 3 heteroatoms. The highest BCUT2D eigenvalue weighted by Gasteiger charge is 2.06. The molecule has 0 bridgehead atoms. The quantitative estimate of drug-likeness (QED) is 0.697. The van der Waals surface area contributed by atoms with Gasteiger partial charge in [-0.1, -0.05) is 29.8 Å². The molecule has 1 heterocycles. The number of anilines is 1. The van der Waals surface area contributed by atoms with Crippen LogP contribution in [0.2, 0.25) is 5.02 Å². The minimum atomic E-state index is 0.554. The normalized spacial score (nSPS) is 10.6. The lowest BCUT2D eigenvalue weighted by atomic mass is 10.1. The van der Waals surface area contributed by atoms with E-state index in [1.165, 1.54) is 0 Å². The molecule has 1 aromatic carbocycles. The van der Waals surface area contributed by atoms with Gasteiger partial charge in [0.25, 0.3) is 0 Å². The number of nitrogen functional groups attached to an aromatic ring is 1. The maximum atomic E-state index is 5.97. The van der Waals surface area contributed by atoms with Crippen LogP contribution in [0.4, 0.5) is 5.69 Å². The SMILES string of the molecule is Cc1nc2ccccc2c(N)c1Cl. The molecule has 0 radical (unpaired) electrons. The summed E-state index contributed by atoms with van der Waals surface area (Å²) in [5.41, 5.74) is 8.13. The van der Waals surface area contributed by atoms with Crippen LogP contribution in [-0.2, 0) is 0 Å². The molecular formula is C10H9ClN2. The van der Waals surface area contributed by atoms with Gasteiger partial charge in [0.15, 0.2) is 0 Å². The Hall–Kier alpha value is -1.28. The Balaban J connectivity index is 2.94. The standard InChI is InChI=1S/C10H9ClN2/c1-6-9(11)10(12)7-4-2-3-5-8(7)13-6/h2-5H,1H3,(H2,12,13). The summed E-state index contributed by atoms with van der Waals surface area (Å²) in [6, 6.07) is 7.70. The number of rotatable bonds is 0. The van der Waals surface area contributed by atoms with Crippen molar-refractivity contribution in [1.29, 1.82) is 0 Å². The number of halogens is 1. The topological polar surface area (TPSA) is 38.9 Å². The molecule has 0 saturated heterocycles. The second-order valence-electron chi connectivity index (χ2n) is 2.94. The van der Waals surface area contributed by atoms with E-state index in [9.17, 15) is 0 Å². The number of aryl methyl sites for hydroxylation is 1. The first-order valence-corrected chi connectivity index (χ1v) is 4.38. The van der Waals surface area contributed by atoms with E-state index in [2.05, 4.69) is 4.98 Å². The summed E-state index contributed by atoms with van der Waals surface area (Å²) in [5.74, 6) is 0. The number of hydrogen-bond acceptors (Lipinski definition) is 2. The smallest absolute Gasteiger partial charge is 0.0854 e. The van der Waals surface area contributed by atoms with Gasteiger partial charge in [0.05, 0.1) is 21.9 Å². The first kappa shape index (κ1) is 8.32. The highest BCUT2D eigenvalue weighted by Crippen LogP contribution is 2.28. The highest BCUT2D eigenvalue weighted by molar-refractivity contribution is 6.35. The molecule has 0 aliphatic carbocycles. The zero-order valence-corrected chi connectivity index (χ0v) is 7.97. The van der Waals surface area contributed by atoms with Crippen LogP contribution in [0.25, 0.3) is 10.9 Å². The predicted octanol–water partition coefficient (Wildman–Crippen LogP) is 2.78. The van der Waals surface area contributed by atoms with Gasteiger partial charge in [-0.05, 0) is 13.0 Å². The van der Waals surface area contributed by atoms with Gasteiger partial charge in [0.1, 0.15) is 0 Å². The molecule has 0 atom stereocenters. The Bertz CT molecular complexity index is 466. The number of fused-ring (bicyclic) bond motifs is 1. The van der Waals surface area contributed by atoms with Gasteiger partial charge in [-0.25, -0.2) is 0 Å². The lowest BCUT2D eigenvalue weighted by Gasteiger charge is -2.05. The first-order valence-electron chi connectivity index (χ1n) is 4.00. The van der Waals surface area contributed by atoms with E-state index in [1.54, 1.807) is 0 Å². The van der Waals surface area contributed by atoms with E-state index >= 15 is 0 Å². The van der Waals surface area contributed by atoms with Crippen LogP contribution in [0.3, 0.4) is 0 Å². The van der Waals surface area contributed by atoms with E-state index in [4.69, 9.17) is 17.3 Å². The van der Waals surface area contributed by atoms with E-state index in [-0.39, 0.29) is 0 Å². The fraction of sp³-hybridized carbons (Fsp3) is 0.100. The Kier molecular flexibility index (Phi) is 1.85. The van der Waals surface area contributed by atoms with Gasteiger partial charge < -0.3 is 5.73 Å². The molecule has 13 heavy (non-hydrogen) atoms. The van der Waals surface area contributed by atoms with Crippen molar-refractivity contribution in [2.75, 3.05) is 5.73 Å². The fourth-order valence-electron chi connectivity index (χ4n) is 1.34. The minimum Gasteiger partial charge on any atom is -0.397 e. The summed E-state index contributed by atoms with van der Waals surface area (Å²) >= 11 is 5.97. The maximum Gasteiger partial charge on any atom is 0.0854 e. The number of hydrogen-bond donors (Lipinski definition) is 1. The summed E-state index contributed by atoms with van der Waals surface area (Å²) in [5, 5.41) is 1.47. The van der Waals surface area contributed by atoms with Gasteiger partial charge in [-0.2, -0.15) is 0 Å². The molecule has 1 aromatic heterocycles. The molecular weight excluding hydrogens is 184 g/mol. The summed E-state index contributed by atoms with van der Waals surface area (Å²) < 4.78 is 0. The second kappa shape index (κ2) is 2.89. The molecule has 0 fully saturated rings. The minimum absolute atomic E-state index is 0.554. The zero-order chi connectivity index (χ0) is 9.42. The van der Waals surface area contributed by atoms with Crippen molar-refractivity contribution in [2.45, 2.75) is 6.92 Å². The number of benzene rings is 1. The summed E-state index contributed by atoms with van der Waals surface area (Å²) in [4.78, 5) is 4.32. The number of pyridine rings is 1. The lowest BCUT2D eigenvalue weighted by molar-refractivity contribution is 1.26. The lowest BCUT2D eigenvalue weighted by Crippen LogP contribution is -1.94. The highest BCUT2D eigenvalue weighted by atomic mass is 35.5. The van der Waals surface area contributed by atoms with Crippen molar-refractivity contribution in [1.82, 2.24) is 4.98 Å². The zero-order valence-electron chi connectivity index (χ0n) is 7.21. The number of para-hydroxylation sites is 1. The average Bonchev–Trinajstić information content (AvgIpc) is 2.15. The number of aromatic nitrogens is 1. The van der Waals surface area contributed by atoms with E-state index < -0.39 is 0 Å². The van der Waals surface area contributed by atoms with Gasteiger partial charge >= 0.3 is 0 Å². The number of nitrogens with zero attached hydrogens (tertiary/aromatic N) is 1.